The number of anilines is 1. The number of rotatable bonds is 8. The molecule has 0 fully saturated rings. The molecule has 0 saturated heterocycles. The Morgan fingerprint density at radius 2 is 1.41 bits per heavy atom. The van der Waals surface area contributed by atoms with Crippen molar-refractivity contribution in [2.24, 2.45) is 0 Å². The van der Waals surface area contributed by atoms with Gasteiger partial charge in [-0.15, -0.1) is 0 Å². The lowest BCUT2D eigenvalue weighted by molar-refractivity contribution is -0.113. The highest BCUT2D eigenvalue weighted by atomic mass is 32.2. The lowest BCUT2D eigenvalue weighted by Crippen LogP contribution is -2.35. The maximum Gasteiger partial charge on any atom is 0.271 e. The van der Waals surface area contributed by atoms with Crippen molar-refractivity contribution in [3.05, 3.63) is 101 Å². The Hall–Kier alpha value is -3.18. The van der Waals surface area contributed by atoms with Gasteiger partial charge >= 0.3 is 0 Å². The molecule has 0 N–H and O–H groups in total. The minimum Gasteiger partial charge on any atom is -0.268 e. The molecule has 0 aromatic heterocycles. The second kappa shape index (κ2) is 10.4. The van der Waals surface area contributed by atoms with Crippen LogP contribution in [0, 0.1) is 13.8 Å². The first-order valence-electron chi connectivity index (χ1n) is 10.8. The molecule has 0 saturated carbocycles. The van der Waals surface area contributed by atoms with Crippen molar-refractivity contribution in [2.45, 2.75) is 44.9 Å². The summed E-state index contributed by atoms with van der Waals surface area (Å²) >= 11 is 0. The Kier molecular flexibility index (Phi) is 7.65. The van der Waals surface area contributed by atoms with Gasteiger partial charge in [-0.05, 0) is 68.2 Å². The average Bonchev–Trinajstić information content (AvgIpc) is 2.78. The van der Waals surface area contributed by atoms with Crippen molar-refractivity contribution in [2.75, 3.05) is 4.31 Å². The zero-order chi connectivity index (χ0) is 23.1. The monoisotopic (exact) mass is 447 g/mol. The SMILES string of the molecule is CCCCc1ccc(N(C(=O)/C=C/c2ccc(C)cc2)S(=O)(=O)c2ccc(C)cc2)cc1. The molecule has 4 nitrogen and oxygen atoms in total. The van der Waals surface area contributed by atoms with E-state index in [4.69, 9.17) is 0 Å². The number of nitrogens with zero attached hydrogens (tertiary/aromatic N) is 1. The molecule has 1 amide bonds. The average molecular weight is 448 g/mol. The van der Waals surface area contributed by atoms with Crippen LogP contribution in [0.1, 0.15) is 42.0 Å². The van der Waals surface area contributed by atoms with Gasteiger partial charge in [0.1, 0.15) is 0 Å². The molecule has 5 heteroatoms. The predicted octanol–water partition coefficient (Wildman–Crippen LogP) is 6.08. The third-order valence-corrected chi connectivity index (χ3v) is 6.98. The van der Waals surface area contributed by atoms with Crippen LogP contribution in [0.25, 0.3) is 6.08 Å². The van der Waals surface area contributed by atoms with Gasteiger partial charge in [0.2, 0.25) is 0 Å². The third-order valence-electron chi connectivity index (χ3n) is 5.24. The van der Waals surface area contributed by atoms with Gasteiger partial charge in [-0.2, -0.15) is 4.31 Å². The molecular weight excluding hydrogens is 418 g/mol. The van der Waals surface area contributed by atoms with Gasteiger partial charge in [-0.3, -0.25) is 4.79 Å². The number of hydrogen-bond acceptors (Lipinski definition) is 3. The van der Waals surface area contributed by atoms with Crippen LogP contribution in [0.2, 0.25) is 0 Å². The highest BCUT2D eigenvalue weighted by molar-refractivity contribution is 7.93. The maximum absolute atomic E-state index is 13.5. The van der Waals surface area contributed by atoms with Gasteiger partial charge in [0, 0.05) is 6.08 Å². The first kappa shape index (κ1) is 23.5. The first-order valence-corrected chi connectivity index (χ1v) is 12.2. The van der Waals surface area contributed by atoms with Gasteiger partial charge in [0.05, 0.1) is 10.6 Å². The normalized spacial score (nSPS) is 11.6. The van der Waals surface area contributed by atoms with Crippen LogP contribution in [-0.2, 0) is 21.2 Å². The lowest BCUT2D eigenvalue weighted by Gasteiger charge is -2.22. The van der Waals surface area contributed by atoms with Crippen molar-refractivity contribution in [3.63, 3.8) is 0 Å². The molecule has 3 aromatic carbocycles. The van der Waals surface area contributed by atoms with E-state index in [1.807, 2.05) is 50.2 Å². The number of unbranched alkanes of at least 4 members (excludes halogenated alkanes) is 1. The van der Waals surface area contributed by atoms with E-state index in [0.29, 0.717) is 5.69 Å². The molecule has 3 aromatic rings. The van der Waals surface area contributed by atoms with Crippen LogP contribution in [0.3, 0.4) is 0 Å². The largest absolute Gasteiger partial charge is 0.271 e. The lowest BCUT2D eigenvalue weighted by atomic mass is 10.1. The summed E-state index contributed by atoms with van der Waals surface area (Å²) in [6, 6.07) is 21.4. The van der Waals surface area contributed by atoms with Crippen LogP contribution < -0.4 is 4.31 Å². The van der Waals surface area contributed by atoms with E-state index in [-0.39, 0.29) is 4.90 Å². The van der Waals surface area contributed by atoms with E-state index < -0.39 is 15.9 Å². The van der Waals surface area contributed by atoms with E-state index in [2.05, 4.69) is 6.92 Å². The second-order valence-electron chi connectivity index (χ2n) is 7.93. The number of sulfonamides is 1. The Morgan fingerprint density at radius 3 is 1.97 bits per heavy atom. The zero-order valence-corrected chi connectivity index (χ0v) is 19.6. The molecule has 0 unspecified atom stereocenters. The molecule has 0 heterocycles. The summed E-state index contributed by atoms with van der Waals surface area (Å²) in [4.78, 5) is 13.3. The summed E-state index contributed by atoms with van der Waals surface area (Å²) in [5.41, 5.74) is 4.32. The summed E-state index contributed by atoms with van der Waals surface area (Å²) in [5.74, 6) is -0.618. The second-order valence-corrected chi connectivity index (χ2v) is 9.72. The molecule has 0 bridgehead atoms. The Labute approximate surface area is 191 Å². The van der Waals surface area contributed by atoms with Crippen LogP contribution in [0.4, 0.5) is 5.69 Å². The predicted molar refractivity (Wildman–Crippen MR) is 131 cm³/mol. The molecule has 0 aliphatic rings. The number of hydrogen-bond donors (Lipinski definition) is 0. The van der Waals surface area contributed by atoms with Crippen molar-refractivity contribution >= 4 is 27.7 Å². The minimum atomic E-state index is -4.08. The van der Waals surface area contributed by atoms with Crippen LogP contribution in [0.5, 0.6) is 0 Å². The number of carbonyl (C=O) groups excluding carboxylic acids is 1. The highest BCUT2D eigenvalue weighted by Gasteiger charge is 2.29. The molecule has 166 valence electrons. The summed E-state index contributed by atoms with van der Waals surface area (Å²) in [5, 5.41) is 0. The fourth-order valence-electron chi connectivity index (χ4n) is 3.29. The van der Waals surface area contributed by atoms with E-state index in [1.165, 1.54) is 18.2 Å². The van der Waals surface area contributed by atoms with Gasteiger partial charge in [0.15, 0.2) is 0 Å². The van der Waals surface area contributed by atoms with Gasteiger partial charge in [-0.25, -0.2) is 8.42 Å². The van der Waals surface area contributed by atoms with Crippen LogP contribution in [-0.4, -0.2) is 14.3 Å². The molecule has 0 atom stereocenters. The Morgan fingerprint density at radius 1 is 0.844 bits per heavy atom. The highest BCUT2D eigenvalue weighted by Crippen LogP contribution is 2.26. The summed E-state index contributed by atoms with van der Waals surface area (Å²) in [6.07, 6.45) is 6.00. The van der Waals surface area contributed by atoms with Crippen LogP contribution in [0.15, 0.2) is 83.8 Å². The fraction of sp³-hybridized carbons (Fsp3) is 0.222. The first-order chi connectivity index (χ1) is 15.3. The number of benzene rings is 3. The van der Waals surface area contributed by atoms with Crippen molar-refractivity contribution < 1.29 is 13.2 Å². The van der Waals surface area contributed by atoms with Gasteiger partial charge < -0.3 is 0 Å². The Balaban J connectivity index is 1.99. The third kappa shape index (κ3) is 5.74. The zero-order valence-electron chi connectivity index (χ0n) is 18.8. The summed E-state index contributed by atoms with van der Waals surface area (Å²) in [6.45, 7) is 6.00. The van der Waals surface area contributed by atoms with E-state index in [9.17, 15) is 13.2 Å². The smallest absolute Gasteiger partial charge is 0.268 e. The fourth-order valence-corrected chi connectivity index (χ4v) is 4.68. The number of carbonyl (C=O) groups is 1. The molecule has 0 aliphatic carbocycles. The van der Waals surface area contributed by atoms with Crippen molar-refractivity contribution in [1.82, 2.24) is 0 Å². The quantitative estimate of drug-likeness (QED) is 0.393. The number of aryl methyl sites for hydroxylation is 3. The van der Waals surface area contributed by atoms with Crippen molar-refractivity contribution in [3.8, 4) is 0 Å². The maximum atomic E-state index is 13.5. The molecule has 0 aliphatic heterocycles. The van der Waals surface area contributed by atoms with E-state index in [1.54, 1.807) is 30.3 Å². The van der Waals surface area contributed by atoms with E-state index >= 15 is 0 Å². The molecule has 0 spiro atoms. The molecule has 0 radical (unpaired) electrons. The molecule has 32 heavy (non-hydrogen) atoms. The summed E-state index contributed by atoms with van der Waals surface area (Å²) < 4.78 is 27.8. The summed E-state index contributed by atoms with van der Waals surface area (Å²) in [7, 11) is -4.08. The van der Waals surface area contributed by atoms with Crippen LogP contribution >= 0.6 is 0 Å². The molecule has 3 rings (SSSR count). The minimum absolute atomic E-state index is 0.0789. The van der Waals surface area contributed by atoms with Gasteiger partial charge in [-0.1, -0.05) is 73.0 Å². The number of amides is 1. The standard InChI is InChI=1S/C27H29NO3S/c1-4-5-6-23-13-16-25(17-14-23)28(32(30,31)26-18-9-22(3)10-19-26)27(29)20-15-24-11-7-21(2)8-12-24/h7-20H,4-6H2,1-3H3/b20-15+. The Bertz CT molecular complexity index is 1180. The van der Waals surface area contributed by atoms with E-state index in [0.717, 1.165) is 45.8 Å². The molecular formula is C27H29NO3S. The van der Waals surface area contributed by atoms with Crippen molar-refractivity contribution in [1.29, 1.82) is 0 Å². The van der Waals surface area contributed by atoms with Gasteiger partial charge in [0.25, 0.3) is 15.9 Å². The topological polar surface area (TPSA) is 54.5 Å².